The second kappa shape index (κ2) is 7.06. The number of hydrogen-bond donors (Lipinski definition) is 2. The van der Waals surface area contributed by atoms with Crippen molar-refractivity contribution in [2.75, 3.05) is 43.1 Å². The van der Waals surface area contributed by atoms with E-state index in [1.165, 1.54) is 18.1 Å². The number of cyclic esters (lactones) is 1. The molecule has 0 saturated carbocycles. The number of hydrogen-bond acceptors (Lipinski definition) is 7. The largest absolute Gasteiger partial charge is 0.453 e. The van der Waals surface area contributed by atoms with E-state index >= 15 is 0 Å². The number of nitrogens with one attached hydrogen (secondary N) is 2. The van der Waals surface area contributed by atoms with Crippen molar-refractivity contribution in [2.24, 2.45) is 0 Å². The molecular weight excluding hydrogens is 375 g/mol. The summed E-state index contributed by atoms with van der Waals surface area (Å²) in [7, 11) is 1.24. The highest BCUT2D eigenvalue weighted by atomic mass is 19.1. The number of carbonyl (C=O) groups is 3. The van der Waals surface area contributed by atoms with E-state index in [4.69, 9.17) is 9.47 Å². The molecule has 28 heavy (non-hydrogen) atoms. The maximum Gasteiger partial charge on any atom is 0.414 e. The Balaban J connectivity index is 1.41. The van der Waals surface area contributed by atoms with E-state index in [9.17, 15) is 18.8 Å². The quantitative estimate of drug-likeness (QED) is 0.727. The highest BCUT2D eigenvalue weighted by Crippen LogP contribution is 2.31. The van der Waals surface area contributed by atoms with E-state index < -0.39 is 30.2 Å². The van der Waals surface area contributed by atoms with E-state index in [1.54, 1.807) is 17.0 Å². The van der Waals surface area contributed by atoms with Gasteiger partial charge in [-0.1, -0.05) is 0 Å². The number of nitrogens with zero attached hydrogens (tertiary/aromatic N) is 2. The monoisotopic (exact) mass is 394 g/mol. The first-order chi connectivity index (χ1) is 13.4. The van der Waals surface area contributed by atoms with E-state index in [2.05, 4.69) is 15.4 Å². The van der Waals surface area contributed by atoms with Gasteiger partial charge in [-0.2, -0.15) is 0 Å². The Morgan fingerprint density at radius 1 is 1.32 bits per heavy atom. The normalized spacial score (nSPS) is 25.9. The van der Waals surface area contributed by atoms with Crippen molar-refractivity contribution < 1.29 is 33.0 Å². The van der Waals surface area contributed by atoms with Gasteiger partial charge in [0.2, 0.25) is 0 Å². The zero-order chi connectivity index (χ0) is 19.8. The van der Waals surface area contributed by atoms with Crippen LogP contribution in [0.15, 0.2) is 18.2 Å². The molecule has 3 heterocycles. The molecule has 0 unspecified atom stereocenters. The van der Waals surface area contributed by atoms with Crippen LogP contribution in [0, 0.1) is 5.82 Å². The second-order valence-corrected chi connectivity index (χ2v) is 6.72. The molecule has 1 aromatic carbocycles. The molecule has 0 aliphatic carbocycles. The SMILES string of the molecule is COC(=O)NC[C@H]1CN(c2ccc(N3C[C@@H]4OC(=O)N[C@@H]4C3)c(F)c2)C(=O)O1. The minimum Gasteiger partial charge on any atom is -0.453 e. The van der Waals surface area contributed by atoms with E-state index in [-0.39, 0.29) is 25.2 Å². The number of ether oxygens (including phenoxy) is 3. The summed E-state index contributed by atoms with van der Waals surface area (Å²) >= 11 is 0. The third-order valence-corrected chi connectivity index (χ3v) is 4.95. The number of fused-ring (bicyclic) bond motifs is 1. The summed E-state index contributed by atoms with van der Waals surface area (Å²) in [6.07, 6.45) is -2.55. The Bertz CT molecular complexity index is 805. The average Bonchev–Trinajstić information content (AvgIpc) is 3.32. The first kappa shape index (κ1) is 18.1. The number of methoxy groups -OCH3 is 1. The summed E-state index contributed by atoms with van der Waals surface area (Å²) in [6.45, 7) is 1.11. The van der Waals surface area contributed by atoms with Crippen LogP contribution < -0.4 is 20.4 Å². The topological polar surface area (TPSA) is 109 Å². The Labute approximate surface area is 159 Å². The smallest absolute Gasteiger partial charge is 0.414 e. The molecule has 3 fully saturated rings. The zero-order valence-electron chi connectivity index (χ0n) is 15.0. The number of anilines is 2. The molecule has 10 nitrogen and oxygen atoms in total. The van der Waals surface area contributed by atoms with Crippen LogP contribution in [0.5, 0.6) is 0 Å². The lowest BCUT2D eigenvalue weighted by Crippen LogP contribution is -2.34. The minimum atomic E-state index is -0.625. The Hall–Kier alpha value is -3.24. The van der Waals surface area contributed by atoms with Crippen LogP contribution in [-0.4, -0.2) is 69.8 Å². The number of halogens is 1. The fourth-order valence-corrected chi connectivity index (χ4v) is 3.58. The molecule has 0 spiro atoms. The first-order valence-corrected chi connectivity index (χ1v) is 8.76. The summed E-state index contributed by atoms with van der Waals surface area (Å²) in [4.78, 5) is 37.5. The predicted molar refractivity (Wildman–Crippen MR) is 93.8 cm³/mol. The molecular formula is C17H19FN4O6. The molecule has 3 aliphatic heterocycles. The van der Waals surface area contributed by atoms with Crippen molar-refractivity contribution in [2.45, 2.75) is 18.2 Å². The number of rotatable bonds is 4. The van der Waals surface area contributed by atoms with Crippen molar-refractivity contribution in [1.82, 2.24) is 10.6 Å². The average molecular weight is 394 g/mol. The van der Waals surface area contributed by atoms with E-state index in [0.717, 1.165) is 0 Å². The van der Waals surface area contributed by atoms with Crippen molar-refractivity contribution >= 4 is 29.7 Å². The van der Waals surface area contributed by atoms with Crippen molar-refractivity contribution in [3.8, 4) is 0 Å². The molecule has 0 bridgehead atoms. The Kier molecular flexibility index (Phi) is 4.57. The van der Waals surface area contributed by atoms with Gasteiger partial charge >= 0.3 is 18.3 Å². The Morgan fingerprint density at radius 3 is 2.86 bits per heavy atom. The van der Waals surface area contributed by atoms with Crippen molar-refractivity contribution in [1.29, 1.82) is 0 Å². The highest BCUT2D eigenvalue weighted by molar-refractivity contribution is 5.90. The molecule has 3 saturated heterocycles. The van der Waals surface area contributed by atoms with Crippen LogP contribution in [0.1, 0.15) is 0 Å². The van der Waals surface area contributed by atoms with Gasteiger partial charge in [0.15, 0.2) is 0 Å². The van der Waals surface area contributed by atoms with E-state index in [0.29, 0.717) is 24.5 Å². The van der Waals surface area contributed by atoms with Gasteiger partial charge in [0.25, 0.3) is 0 Å². The van der Waals surface area contributed by atoms with Crippen molar-refractivity contribution in [3.63, 3.8) is 0 Å². The predicted octanol–water partition coefficient (Wildman–Crippen LogP) is 0.804. The van der Waals surface area contributed by atoms with Gasteiger partial charge in [-0.25, -0.2) is 18.8 Å². The summed E-state index contributed by atoms with van der Waals surface area (Å²) in [5.41, 5.74) is 0.725. The zero-order valence-corrected chi connectivity index (χ0v) is 15.0. The van der Waals surface area contributed by atoms with Crippen LogP contribution in [-0.2, 0) is 14.2 Å². The lowest BCUT2D eigenvalue weighted by atomic mass is 10.2. The molecule has 3 amide bonds. The van der Waals surface area contributed by atoms with Gasteiger partial charge in [0, 0.05) is 6.54 Å². The number of alkyl carbamates (subject to hydrolysis) is 2. The molecule has 0 radical (unpaired) electrons. The fraction of sp³-hybridized carbons (Fsp3) is 0.471. The van der Waals surface area contributed by atoms with Gasteiger partial charge in [0.05, 0.1) is 44.2 Å². The standard InChI is InChI=1S/C17H19FN4O6/c1-26-15(23)19-5-10-6-22(17(25)27-10)9-2-3-13(11(18)4-9)21-7-12-14(8-21)28-16(24)20-12/h2-4,10,12,14H,5-8H2,1H3,(H,19,23)(H,20,24)/t10-,12+,14-/m0/s1. The van der Waals surface area contributed by atoms with Crippen LogP contribution in [0.3, 0.4) is 0 Å². The van der Waals surface area contributed by atoms with Gasteiger partial charge in [-0.15, -0.1) is 0 Å². The molecule has 0 aromatic heterocycles. The summed E-state index contributed by atoms with van der Waals surface area (Å²) in [5.74, 6) is -0.493. The lowest BCUT2D eigenvalue weighted by Gasteiger charge is -2.21. The first-order valence-electron chi connectivity index (χ1n) is 8.76. The lowest BCUT2D eigenvalue weighted by molar-refractivity contribution is 0.132. The molecule has 4 rings (SSSR count). The number of carbonyl (C=O) groups excluding carboxylic acids is 3. The summed E-state index contributed by atoms with van der Waals surface area (Å²) in [6, 6.07) is 4.31. The summed E-state index contributed by atoms with van der Waals surface area (Å²) < 4.78 is 29.5. The number of benzene rings is 1. The van der Waals surface area contributed by atoms with Gasteiger partial charge < -0.3 is 29.7 Å². The molecule has 150 valence electrons. The third-order valence-electron chi connectivity index (χ3n) is 4.95. The third kappa shape index (κ3) is 3.35. The van der Waals surface area contributed by atoms with E-state index in [1.807, 2.05) is 0 Å². The van der Waals surface area contributed by atoms with Crippen LogP contribution in [0.25, 0.3) is 0 Å². The molecule has 1 aromatic rings. The summed E-state index contributed by atoms with van der Waals surface area (Å²) in [5, 5.41) is 5.15. The maximum absolute atomic E-state index is 14.7. The number of amides is 3. The minimum absolute atomic E-state index is 0.0950. The van der Waals surface area contributed by atoms with Crippen LogP contribution in [0.4, 0.5) is 30.1 Å². The van der Waals surface area contributed by atoms with Gasteiger partial charge in [-0.3, -0.25) is 4.90 Å². The molecule has 3 aliphatic rings. The molecule has 3 atom stereocenters. The Morgan fingerprint density at radius 2 is 2.14 bits per heavy atom. The second-order valence-electron chi connectivity index (χ2n) is 6.72. The fourth-order valence-electron chi connectivity index (χ4n) is 3.58. The van der Waals surface area contributed by atoms with Crippen LogP contribution in [0.2, 0.25) is 0 Å². The molecule has 2 N–H and O–H groups in total. The molecule has 11 heteroatoms. The van der Waals surface area contributed by atoms with Crippen LogP contribution >= 0.6 is 0 Å². The highest BCUT2D eigenvalue weighted by Gasteiger charge is 2.42. The van der Waals surface area contributed by atoms with Crippen molar-refractivity contribution in [3.05, 3.63) is 24.0 Å². The van der Waals surface area contributed by atoms with Gasteiger partial charge in [-0.05, 0) is 18.2 Å². The van der Waals surface area contributed by atoms with Gasteiger partial charge in [0.1, 0.15) is 18.0 Å². The maximum atomic E-state index is 14.7.